The first kappa shape index (κ1) is 24.8. The van der Waals surface area contributed by atoms with E-state index < -0.39 is 4.92 Å². The van der Waals surface area contributed by atoms with E-state index in [2.05, 4.69) is 5.10 Å². The number of aryl methyl sites for hydroxylation is 1. The van der Waals surface area contributed by atoms with Gasteiger partial charge in [-0.3, -0.25) is 14.9 Å². The smallest absolute Gasteiger partial charge is 0.282 e. The Morgan fingerprint density at radius 1 is 1.02 bits per heavy atom. The van der Waals surface area contributed by atoms with E-state index in [1.807, 2.05) is 60.9 Å². The highest BCUT2D eigenvalue weighted by Gasteiger charge is 2.19. The number of fused-ring (bicyclic) bond motifs is 2. The molecule has 0 fully saturated rings. The van der Waals surface area contributed by atoms with Crippen LogP contribution >= 0.6 is 0 Å². The monoisotopic (exact) mass is 533 g/mol. The molecule has 198 valence electrons. The van der Waals surface area contributed by atoms with Gasteiger partial charge in [-0.25, -0.2) is 4.98 Å². The molecule has 0 radical (unpaired) electrons. The van der Waals surface area contributed by atoms with Gasteiger partial charge in [-0.15, -0.1) is 0 Å². The van der Waals surface area contributed by atoms with Gasteiger partial charge in [0, 0.05) is 34.5 Å². The average Bonchev–Trinajstić information content (AvgIpc) is 3.52. The van der Waals surface area contributed by atoms with Gasteiger partial charge in [0.25, 0.3) is 11.2 Å². The highest BCUT2D eigenvalue weighted by Crippen LogP contribution is 2.31. The lowest BCUT2D eigenvalue weighted by molar-refractivity contribution is -0.384. The lowest BCUT2D eigenvalue weighted by Gasteiger charge is -2.13. The van der Waals surface area contributed by atoms with Crippen LogP contribution in [0.2, 0.25) is 0 Å². The zero-order valence-electron chi connectivity index (χ0n) is 21.9. The molecule has 10 nitrogen and oxygen atoms in total. The molecule has 0 spiro atoms. The number of furan rings is 1. The van der Waals surface area contributed by atoms with Crippen LogP contribution in [-0.2, 0) is 0 Å². The van der Waals surface area contributed by atoms with Crippen molar-refractivity contribution in [2.24, 2.45) is 5.10 Å². The fraction of sp³-hybridized carbons (Fsp3) is 0.100. The standard InChI is InChI=1S/C30H23N5O5/c1-18-14-21(19(2)33(18)25-16-22(35(37)38)12-13-27(25)39-3)17-31-34-29(28-15-20-8-4-7-11-26(20)40-28)32-24-10-6-5-9-23(24)30(34)36/h4-17H,1-3H3. The number of rotatable bonds is 6. The van der Waals surface area contributed by atoms with Gasteiger partial charge in [-0.2, -0.15) is 9.78 Å². The highest BCUT2D eigenvalue weighted by atomic mass is 16.6. The molecule has 0 aliphatic heterocycles. The first-order valence-electron chi connectivity index (χ1n) is 12.4. The summed E-state index contributed by atoms with van der Waals surface area (Å²) in [6.07, 6.45) is 1.58. The SMILES string of the molecule is COc1ccc([N+](=O)[O-])cc1-n1c(C)cc(C=Nn2c(-c3cc4ccccc4o3)nc3ccccc3c2=O)c1C. The number of hydrogen-bond acceptors (Lipinski definition) is 7. The predicted molar refractivity (Wildman–Crippen MR) is 153 cm³/mol. The van der Waals surface area contributed by atoms with E-state index in [1.165, 1.54) is 23.9 Å². The topological polar surface area (TPSA) is 118 Å². The van der Waals surface area contributed by atoms with Crippen LogP contribution in [0.3, 0.4) is 0 Å². The predicted octanol–water partition coefficient (Wildman–Crippen LogP) is 6.02. The van der Waals surface area contributed by atoms with Crippen molar-refractivity contribution < 1.29 is 14.1 Å². The van der Waals surface area contributed by atoms with Crippen LogP contribution in [0, 0.1) is 24.0 Å². The van der Waals surface area contributed by atoms with E-state index in [1.54, 1.807) is 30.5 Å². The molecule has 0 aliphatic carbocycles. The van der Waals surface area contributed by atoms with E-state index in [0.29, 0.717) is 39.2 Å². The van der Waals surface area contributed by atoms with Crippen LogP contribution in [-0.4, -0.2) is 32.5 Å². The number of ether oxygens (including phenoxy) is 1. The third-order valence-corrected chi connectivity index (χ3v) is 6.80. The van der Waals surface area contributed by atoms with E-state index in [0.717, 1.165) is 16.8 Å². The second-order valence-corrected chi connectivity index (χ2v) is 9.24. The van der Waals surface area contributed by atoms with Gasteiger partial charge in [0.15, 0.2) is 5.76 Å². The van der Waals surface area contributed by atoms with E-state index in [4.69, 9.17) is 14.1 Å². The molecule has 0 unspecified atom stereocenters. The molecule has 10 heteroatoms. The average molecular weight is 534 g/mol. The maximum Gasteiger partial charge on any atom is 0.282 e. The van der Waals surface area contributed by atoms with E-state index in [-0.39, 0.29) is 17.1 Å². The second kappa shape index (κ2) is 9.66. The van der Waals surface area contributed by atoms with Crippen LogP contribution in [0.4, 0.5) is 5.69 Å². The number of nitrogens with zero attached hydrogens (tertiary/aromatic N) is 5. The van der Waals surface area contributed by atoms with Crippen LogP contribution in [0.5, 0.6) is 5.75 Å². The number of para-hydroxylation sites is 2. The van der Waals surface area contributed by atoms with Crippen molar-refractivity contribution in [1.82, 2.24) is 14.2 Å². The minimum atomic E-state index is -0.446. The molecule has 0 bridgehead atoms. The van der Waals surface area contributed by atoms with Gasteiger partial charge in [-0.05, 0) is 50.2 Å². The van der Waals surface area contributed by atoms with Crippen molar-refractivity contribution >= 4 is 33.8 Å². The van der Waals surface area contributed by atoms with Gasteiger partial charge in [-0.1, -0.05) is 30.3 Å². The van der Waals surface area contributed by atoms with Crippen LogP contribution < -0.4 is 10.3 Å². The van der Waals surface area contributed by atoms with E-state index >= 15 is 0 Å². The summed E-state index contributed by atoms with van der Waals surface area (Å²) in [7, 11) is 1.51. The molecule has 40 heavy (non-hydrogen) atoms. The van der Waals surface area contributed by atoms with Crippen LogP contribution in [0.25, 0.3) is 39.1 Å². The fourth-order valence-electron chi connectivity index (χ4n) is 4.86. The maximum atomic E-state index is 13.6. The van der Waals surface area contributed by atoms with Crippen LogP contribution in [0.1, 0.15) is 17.0 Å². The molecule has 3 aromatic carbocycles. The Kier molecular flexibility index (Phi) is 5.99. The Labute approximate surface area is 227 Å². The number of aromatic nitrogens is 3. The molecular weight excluding hydrogens is 510 g/mol. The molecule has 0 N–H and O–H groups in total. The Bertz CT molecular complexity index is 2000. The number of benzene rings is 3. The summed E-state index contributed by atoms with van der Waals surface area (Å²) >= 11 is 0. The summed E-state index contributed by atoms with van der Waals surface area (Å²) < 4.78 is 14.6. The highest BCUT2D eigenvalue weighted by molar-refractivity contribution is 5.85. The van der Waals surface area contributed by atoms with Gasteiger partial charge >= 0.3 is 0 Å². The summed E-state index contributed by atoms with van der Waals surface area (Å²) in [6.45, 7) is 3.75. The van der Waals surface area contributed by atoms with Crippen molar-refractivity contribution in [2.45, 2.75) is 13.8 Å². The minimum Gasteiger partial charge on any atom is -0.495 e. The Balaban J connectivity index is 1.51. The number of nitro benzene ring substituents is 1. The first-order chi connectivity index (χ1) is 19.4. The fourth-order valence-corrected chi connectivity index (χ4v) is 4.86. The molecule has 0 atom stereocenters. The molecule has 3 heterocycles. The van der Waals surface area contributed by atoms with Crippen molar-refractivity contribution in [3.63, 3.8) is 0 Å². The molecule has 6 aromatic rings. The van der Waals surface area contributed by atoms with Crippen molar-refractivity contribution in [3.05, 3.63) is 116 Å². The number of hydrogen-bond donors (Lipinski definition) is 0. The molecule has 0 saturated heterocycles. The minimum absolute atomic E-state index is 0.0530. The summed E-state index contributed by atoms with van der Waals surface area (Å²) in [6, 6.07) is 22.8. The molecule has 6 rings (SSSR count). The lowest BCUT2D eigenvalue weighted by atomic mass is 10.2. The molecular formula is C30H23N5O5. The van der Waals surface area contributed by atoms with Crippen LogP contribution in [0.15, 0.2) is 93.2 Å². The normalized spacial score (nSPS) is 11.6. The summed E-state index contributed by atoms with van der Waals surface area (Å²) in [5.41, 5.74) is 3.61. The first-order valence-corrected chi connectivity index (χ1v) is 12.4. The van der Waals surface area contributed by atoms with Gasteiger partial charge in [0.1, 0.15) is 11.3 Å². The summed E-state index contributed by atoms with van der Waals surface area (Å²) in [5.74, 6) is 1.16. The van der Waals surface area contributed by atoms with Gasteiger partial charge < -0.3 is 13.7 Å². The Morgan fingerprint density at radius 2 is 1.80 bits per heavy atom. The van der Waals surface area contributed by atoms with Crippen molar-refractivity contribution in [3.8, 4) is 23.0 Å². The molecule has 3 aromatic heterocycles. The maximum absolute atomic E-state index is 13.6. The zero-order chi connectivity index (χ0) is 28.0. The Morgan fingerprint density at radius 3 is 2.58 bits per heavy atom. The zero-order valence-corrected chi connectivity index (χ0v) is 21.9. The molecule has 0 amide bonds. The number of methoxy groups -OCH3 is 1. The van der Waals surface area contributed by atoms with Gasteiger partial charge in [0.05, 0.1) is 34.8 Å². The second-order valence-electron chi connectivity index (χ2n) is 9.24. The third-order valence-electron chi connectivity index (χ3n) is 6.80. The van der Waals surface area contributed by atoms with Gasteiger partial charge in [0.2, 0.25) is 5.82 Å². The lowest BCUT2D eigenvalue weighted by Crippen LogP contribution is -2.20. The summed E-state index contributed by atoms with van der Waals surface area (Å²) in [5, 5.41) is 17.3. The quantitative estimate of drug-likeness (QED) is 0.147. The molecule has 0 aliphatic rings. The summed E-state index contributed by atoms with van der Waals surface area (Å²) in [4.78, 5) is 29.3. The number of non-ortho nitro benzene ring substituents is 1. The van der Waals surface area contributed by atoms with E-state index in [9.17, 15) is 14.9 Å². The third kappa shape index (κ3) is 4.11. The van der Waals surface area contributed by atoms with Crippen molar-refractivity contribution in [2.75, 3.05) is 7.11 Å². The Hall–Kier alpha value is -5.51. The molecule has 0 saturated carbocycles. The largest absolute Gasteiger partial charge is 0.495 e. The van der Waals surface area contributed by atoms with Crippen molar-refractivity contribution in [1.29, 1.82) is 0 Å². The number of nitro groups is 1.